The molecule has 1 aliphatic heterocycles. The summed E-state index contributed by atoms with van der Waals surface area (Å²) in [6, 6.07) is 3.55. The quantitative estimate of drug-likeness (QED) is 0.775. The molecule has 0 spiro atoms. The largest absolute Gasteiger partial charge is 0.492 e. The zero-order valence-electron chi connectivity index (χ0n) is 18.1. The topological polar surface area (TPSA) is 72.0 Å². The molecule has 1 heterocycles. The normalized spacial score (nSPS) is 20.0. The molecule has 6 heteroatoms. The van der Waals surface area contributed by atoms with Crippen LogP contribution in [0.2, 0.25) is 0 Å². The van der Waals surface area contributed by atoms with Gasteiger partial charge in [0.15, 0.2) is 0 Å². The van der Waals surface area contributed by atoms with Crippen molar-refractivity contribution in [1.82, 2.24) is 4.72 Å². The van der Waals surface area contributed by atoms with Crippen LogP contribution in [-0.2, 0) is 10.0 Å². The lowest BCUT2D eigenvalue weighted by atomic mass is 9.80. The molecule has 0 unspecified atom stereocenters. The second kappa shape index (κ2) is 7.72. The van der Waals surface area contributed by atoms with Gasteiger partial charge in [-0.25, -0.2) is 13.1 Å². The number of hydrogen-bond acceptors (Lipinski definition) is 3. The molecule has 154 valence electrons. The van der Waals surface area contributed by atoms with Crippen LogP contribution in [0.25, 0.3) is 0 Å². The number of nitrogens with one attached hydrogen (secondary N) is 1. The molecule has 2 rings (SSSR count). The van der Waals surface area contributed by atoms with Gasteiger partial charge in [-0.3, -0.25) is 0 Å². The monoisotopic (exact) mass is 397 g/mol. The number of benzene rings is 1. The number of rotatable bonds is 6. The van der Waals surface area contributed by atoms with Crippen molar-refractivity contribution in [2.45, 2.75) is 96.2 Å². The van der Waals surface area contributed by atoms with E-state index in [0.29, 0.717) is 12.4 Å². The van der Waals surface area contributed by atoms with Crippen LogP contribution >= 0.6 is 0 Å². The Balaban J connectivity index is 2.42. The first-order chi connectivity index (χ1) is 12.3. The first kappa shape index (κ1) is 22.2. The fraction of sp³-hybridized carbons (Fsp3) is 0.714. The molecule has 1 fully saturated rings. The van der Waals surface area contributed by atoms with Crippen LogP contribution in [0.4, 0.5) is 0 Å². The third kappa shape index (κ3) is 5.46. The van der Waals surface area contributed by atoms with Crippen molar-refractivity contribution in [3.8, 4) is 5.75 Å². The highest BCUT2D eigenvalue weighted by molar-refractivity contribution is 7.89. The zero-order valence-corrected chi connectivity index (χ0v) is 19.0. The fourth-order valence-electron chi connectivity index (χ4n) is 4.66. The summed E-state index contributed by atoms with van der Waals surface area (Å²) in [5, 5.41) is 2.35. The zero-order chi connectivity index (χ0) is 20.6. The Morgan fingerprint density at radius 2 is 1.74 bits per heavy atom. The molecular weight excluding hydrogens is 360 g/mol. The van der Waals surface area contributed by atoms with E-state index in [1.165, 1.54) is 0 Å². The molecule has 27 heavy (non-hydrogen) atoms. The maximum absolute atomic E-state index is 13.3. The maximum Gasteiger partial charge on any atom is 0.244 e. The summed E-state index contributed by atoms with van der Waals surface area (Å²) in [5.41, 5.74) is 2.08. The van der Waals surface area contributed by atoms with Crippen LogP contribution < -0.4 is 14.8 Å². The summed E-state index contributed by atoms with van der Waals surface area (Å²) < 4.78 is 35.3. The number of quaternary nitrogens is 1. The minimum Gasteiger partial charge on any atom is -0.492 e. The van der Waals surface area contributed by atoms with Gasteiger partial charge in [0.25, 0.3) is 0 Å². The van der Waals surface area contributed by atoms with Crippen LogP contribution in [0.3, 0.4) is 0 Å². The lowest BCUT2D eigenvalue weighted by Crippen LogP contribution is -3.06. The molecule has 1 saturated heterocycles. The Morgan fingerprint density at radius 3 is 2.22 bits per heavy atom. The molecule has 0 radical (unpaired) electrons. The number of ether oxygens (including phenoxy) is 1. The third-order valence-electron chi connectivity index (χ3n) is 5.19. The van der Waals surface area contributed by atoms with Gasteiger partial charge in [0.05, 0.1) is 17.7 Å². The summed E-state index contributed by atoms with van der Waals surface area (Å²) in [5.74, 6) is 0.685. The van der Waals surface area contributed by atoms with E-state index in [9.17, 15) is 8.42 Å². The van der Waals surface area contributed by atoms with Crippen molar-refractivity contribution in [2.24, 2.45) is 0 Å². The Hall–Kier alpha value is -1.11. The van der Waals surface area contributed by atoms with Gasteiger partial charge in [0, 0.05) is 18.9 Å². The van der Waals surface area contributed by atoms with Gasteiger partial charge in [0.1, 0.15) is 10.6 Å². The van der Waals surface area contributed by atoms with E-state index in [2.05, 4.69) is 51.6 Å². The Morgan fingerprint density at radius 1 is 1.19 bits per heavy atom. The van der Waals surface area contributed by atoms with Crippen molar-refractivity contribution >= 4 is 10.0 Å². The van der Waals surface area contributed by atoms with Crippen LogP contribution in [0.5, 0.6) is 5.75 Å². The van der Waals surface area contributed by atoms with E-state index in [-0.39, 0.29) is 27.9 Å². The second-order valence-electron chi connectivity index (χ2n) is 9.59. The first-order valence-corrected chi connectivity index (χ1v) is 11.4. The van der Waals surface area contributed by atoms with E-state index in [1.807, 2.05) is 19.9 Å². The molecule has 0 amide bonds. The van der Waals surface area contributed by atoms with Crippen molar-refractivity contribution in [3.63, 3.8) is 0 Å². The Bertz CT molecular complexity index is 767. The molecule has 1 aliphatic rings. The number of sulfonamides is 1. The average molecular weight is 398 g/mol. The van der Waals surface area contributed by atoms with Gasteiger partial charge in [-0.05, 0) is 70.7 Å². The van der Waals surface area contributed by atoms with Crippen LogP contribution in [0, 0.1) is 6.92 Å². The van der Waals surface area contributed by atoms with E-state index < -0.39 is 10.0 Å². The molecule has 3 N–H and O–H groups in total. The van der Waals surface area contributed by atoms with E-state index in [1.54, 1.807) is 6.07 Å². The predicted octanol–water partition coefficient (Wildman–Crippen LogP) is 3.08. The summed E-state index contributed by atoms with van der Waals surface area (Å²) in [6.07, 6.45) is 1.59. The molecule has 1 aromatic rings. The molecule has 0 aromatic heterocycles. The van der Waals surface area contributed by atoms with Crippen molar-refractivity contribution < 1.29 is 18.5 Å². The van der Waals surface area contributed by atoms with Crippen molar-refractivity contribution in [2.75, 3.05) is 6.61 Å². The molecule has 1 aromatic carbocycles. The van der Waals surface area contributed by atoms with Crippen LogP contribution in [0.15, 0.2) is 17.0 Å². The van der Waals surface area contributed by atoms with Gasteiger partial charge < -0.3 is 10.1 Å². The summed E-state index contributed by atoms with van der Waals surface area (Å²) >= 11 is 0. The minimum absolute atomic E-state index is 0.00590. The lowest BCUT2D eigenvalue weighted by Gasteiger charge is -2.43. The van der Waals surface area contributed by atoms with Gasteiger partial charge in [-0.1, -0.05) is 13.8 Å². The minimum atomic E-state index is -3.67. The molecule has 5 nitrogen and oxygen atoms in total. The van der Waals surface area contributed by atoms with Crippen LogP contribution in [-0.4, -0.2) is 32.1 Å². The Labute approximate surface area is 165 Å². The van der Waals surface area contributed by atoms with E-state index in [0.717, 1.165) is 24.0 Å². The fourth-order valence-corrected chi connectivity index (χ4v) is 6.06. The summed E-state index contributed by atoms with van der Waals surface area (Å²) in [4.78, 5) is 0.254. The van der Waals surface area contributed by atoms with Crippen LogP contribution in [0.1, 0.15) is 78.4 Å². The molecular formula is C21H37N2O3S+. The Kier molecular flexibility index (Phi) is 6.34. The number of hydrogen-bond donors (Lipinski definition) is 2. The molecule has 0 aliphatic carbocycles. The number of nitrogens with two attached hydrogens (primary N) is 1. The summed E-state index contributed by atoms with van der Waals surface area (Å²) in [7, 11) is -3.67. The third-order valence-corrected chi connectivity index (χ3v) is 6.73. The highest BCUT2D eigenvalue weighted by Gasteiger charge is 2.43. The van der Waals surface area contributed by atoms with E-state index >= 15 is 0 Å². The highest BCUT2D eigenvalue weighted by Crippen LogP contribution is 2.32. The van der Waals surface area contributed by atoms with Crippen molar-refractivity contribution in [3.05, 3.63) is 23.3 Å². The smallest absolute Gasteiger partial charge is 0.244 e. The highest BCUT2D eigenvalue weighted by atomic mass is 32.2. The lowest BCUT2D eigenvalue weighted by molar-refractivity contribution is -0.787. The SMILES string of the molecule is CCOc1cc(C)c(C(C)C)cc1S(=O)(=O)NC1CC(C)(C)[NH2+]C(C)(C)C1. The summed E-state index contributed by atoms with van der Waals surface area (Å²) in [6.45, 7) is 17.1. The molecule has 0 bridgehead atoms. The van der Waals surface area contributed by atoms with E-state index in [4.69, 9.17) is 4.74 Å². The van der Waals surface area contributed by atoms with Crippen molar-refractivity contribution in [1.29, 1.82) is 0 Å². The standard InChI is InChI=1S/C21H36N2O3S/c1-9-26-18-10-15(4)17(14(2)3)11-19(18)27(24,25)22-16-12-20(5,6)23-21(7,8)13-16/h10-11,14,16,22-23H,9,12-13H2,1-8H3/p+1. The second-order valence-corrected chi connectivity index (χ2v) is 11.3. The number of aryl methyl sites for hydroxylation is 1. The first-order valence-electron chi connectivity index (χ1n) is 9.93. The van der Waals surface area contributed by atoms with Gasteiger partial charge in [0.2, 0.25) is 10.0 Å². The van der Waals surface area contributed by atoms with Gasteiger partial charge >= 0.3 is 0 Å². The number of piperidine rings is 1. The molecule has 0 saturated carbocycles. The van der Waals surface area contributed by atoms with Gasteiger partial charge in [-0.15, -0.1) is 0 Å². The average Bonchev–Trinajstić information content (AvgIpc) is 2.42. The molecule has 0 atom stereocenters. The maximum atomic E-state index is 13.3. The predicted molar refractivity (Wildman–Crippen MR) is 110 cm³/mol. The van der Waals surface area contributed by atoms with Gasteiger partial charge in [-0.2, -0.15) is 0 Å².